The summed E-state index contributed by atoms with van der Waals surface area (Å²) < 4.78 is 1.69. The van der Waals surface area contributed by atoms with Gasteiger partial charge in [-0.1, -0.05) is 29.8 Å². The van der Waals surface area contributed by atoms with Crippen LogP contribution >= 0.6 is 11.6 Å². The van der Waals surface area contributed by atoms with Crippen LogP contribution in [-0.4, -0.2) is 27.1 Å². The van der Waals surface area contributed by atoms with Crippen molar-refractivity contribution in [2.24, 2.45) is 7.05 Å². The van der Waals surface area contributed by atoms with Crippen molar-refractivity contribution in [1.29, 1.82) is 0 Å². The van der Waals surface area contributed by atoms with E-state index in [2.05, 4.69) is 5.32 Å². The minimum atomic E-state index is -1.11. The van der Waals surface area contributed by atoms with Gasteiger partial charge in [0.1, 0.15) is 11.2 Å². The summed E-state index contributed by atoms with van der Waals surface area (Å²) in [6, 6.07) is 7.40. The van der Waals surface area contributed by atoms with Gasteiger partial charge in [-0.15, -0.1) is 0 Å². The van der Waals surface area contributed by atoms with Gasteiger partial charge >= 0.3 is 5.97 Å². The van der Waals surface area contributed by atoms with Crippen LogP contribution in [-0.2, 0) is 11.8 Å². The fourth-order valence-electron chi connectivity index (χ4n) is 2.39. The standard InChI is InChI=1S/C14H13ClN2O3/c1-17-9-5-3-2-4-8(9)10(15)11(17)12(18)16-14(6-7-14)13(19)20/h2-5H,6-7H2,1H3,(H,16,18)(H,19,20). The molecule has 0 spiro atoms. The lowest BCUT2D eigenvalue weighted by molar-refractivity contribution is -0.140. The number of nitrogens with one attached hydrogen (secondary N) is 1. The van der Waals surface area contributed by atoms with Crippen molar-refractivity contribution in [2.45, 2.75) is 18.4 Å². The van der Waals surface area contributed by atoms with Crippen LogP contribution < -0.4 is 5.32 Å². The van der Waals surface area contributed by atoms with Crippen molar-refractivity contribution in [3.05, 3.63) is 35.0 Å². The Morgan fingerprint density at radius 2 is 2.00 bits per heavy atom. The van der Waals surface area contributed by atoms with Gasteiger partial charge in [-0.3, -0.25) is 4.79 Å². The molecule has 5 nitrogen and oxygen atoms in total. The first kappa shape index (κ1) is 13.0. The molecule has 0 bridgehead atoms. The number of nitrogens with zero attached hydrogens (tertiary/aromatic N) is 1. The van der Waals surface area contributed by atoms with Crippen molar-refractivity contribution in [3.63, 3.8) is 0 Å². The molecule has 0 aliphatic heterocycles. The van der Waals surface area contributed by atoms with Gasteiger partial charge in [0.25, 0.3) is 5.91 Å². The Hall–Kier alpha value is -2.01. The highest BCUT2D eigenvalue weighted by molar-refractivity contribution is 6.39. The number of carboxylic acids is 1. The number of benzene rings is 1. The highest BCUT2D eigenvalue weighted by Crippen LogP contribution is 2.37. The number of hydrogen-bond donors (Lipinski definition) is 2. The van der Waals surface area contributed by atoms with E-state index in [1.165, 1.54) is 0 Å². The minimum Gasteiger partial charge on any atom is -0.480 e. The quantitative estimate of drug-likeness (QED) is 0.911. The van der Waals surface area contributed by atoms with Gasteiger partial charge in [-0.25, -0.2) is 4.79 Å². The highest BCUT2D eigenvalue weighted by Gasteiger charge is 2.52. The minimum absolute atomic E-state index is 0.292. The second kappa shape index (κ2) is 4.24. The normalized spacial score (nSPS) is 16.1. The summed E-state index contributed by atoms with van der Waals surface area (Å²) in [7, 11) is 1.74. The smallest absolute Gasteiger partial charge is 0.329 e. The first-order chi connectivity index (χ1) is 9.46. The number of rotatable bonds is 3. The molecule has 1 saturated carbocycles. The molecule has 2 N–H and O–H groups in total. The van der Waals surface area contributed by atoms with E-state index in [9.17, 15) is 9.59 Å². The van der Waals surface area contributed by atoms with Gasteiger partial charge in [0, 0.05) is 18.0 Å². The fourth-order valence-corrected chi connectivity index (χ4v) is 2.77. The van der Waals surface area contributed by atoms with Crippen LogP contribution in [0.1, 0.15) is 23.3 Å². The Morgan fingerprint density at radius 1 is 1.35 bits per heavy atom. The number of aryl methyl sites for hydroxylation is 1. The van der Waals surface area contributed by atoms with E-state index in [0.717, 1.165) is 10.9 Å². The van der Waals surface area contributed by atoms with Crippen molar-refractivity contribution < 1.29 is 14.7 Å². The van der Waals surface area contributed by atoms with E-state index in [1.807, 2.05) is 24.3 Å². The lowest BCUT2D eigenvalue weighted by Crippen LogP contribution is -2.43. The number of para-hydroxylation sites is 1. The molecule has 1 aliphatic rings. The van der Waals surface area contributed by atoms with E-state index in [4.69, 9.17) is 16.7 Å². The van der Waals surface area contributed by atoms with E-state index in [0.29, 0.717) is 23.6 Å². The Bertz CT molecular complexity index is 692. The molecule has 3 rings (SSSR count). The van der Waals surface area contributed by atoms with Crippen LogP contribution in [0, 0.1) is 0 Å². The first-order valence-corrected chi connectivity index (χ1v) is 6.63. The summed E-state index contributed by atoms with van der Waals surface area (Å²) in [5, 5.41) is 12.8. The van der Waals surface area contributed by atoms with Crippen LogP contribution in [0.25, 0.3) is 10.9 Å². The van der Waals surface area contributed by atoms with Gasteiger partial charge in [0.2, 0.25) is 0 Å². The predicted octanol–water partition coefficient (Wildman–Crippen LogP) is 2.18. The monoisotopic (exact) mass is 292 g/mol. The van der Waals surface area contributed by atoms with Crippen LogP contribution in [0.3, 0.4) is 0 Å². The summed E-state index contributed by atoms with van der Waals surface area (Å²) in [5.41, 5.74) is 0.0138. The SMILES string of the molecule is Cn1c(C(=O)NC2(C(=O)O)CC2)c(Cl)c2ccccc21. The molecule has 1 heterocycles. The van der Waals surface area contributed by atoms with Crippen LogP contribution in [0.4, 0.5) is 0 Å². The van der Waals surface area contributed by atoms with E-state index in [1.54, 1.807) is 11.6 Å². The first-order valence-electron chi connectivity index (χ1n) is 6.25. The number of carboxylic acid groups (broad SMARTS) is 1. The molecule has 0 atom stereocenters. The number of carbonyl (C=O) groups is 2. The number of carbonyl (C=O) groups excluding carboxylic acids is 1. The van der Waals surface area contributed by atoms with Gasteiger partial charge < -0.3 is 15.0 Å². The second-order valence-corrected chi connectivity index (χ2v) is 5.46. The molecule has 1 fully saturated rings. The molecule has 0 radical (unpaired) electrons. The van der Waals surface area contributed by atoms with Crippen LogP contribution in [0.5, 0.6) is 0 Å². The number of aliphatic carboxylic acids is 1. The maximum Gasteiger partial charge on any atom is 0.329 e. The molecule has 1 aromatic heterocycles. The molecule has 0 unspecified atom stereocenters. The van der Waals surface area contributed by atoms with Crippen molar-refractivity contribution in [3.8, 4) is 0 Å². The highest BCUT2D eigenvalue weighted by atomic mass is 35.5. The second-order valence-electron chi connectivity index (χ2n) is 5.08. The molecule has 0 saturated heterocycles. The largest absolute Gasteiger partial charge is 0.480 e. The molecular formula is C14H13ClN2O3. The third-order valence-electron chi connectivity index (χ3n) is 3.77. The van der Waals surface area contributed by atoms with E-state index >= 15 is 0 Å². The molecule has 6 heteroatoms. The van der Waals surface area contributed by atoms with Crippen LogP contribution in [0.15, 0.2) is 24.3 Å². The number of amides is 1. The lowest BCUT2D eigenvalue weighted by atomic mass is 10.2. The number of aromatic nitrogens is 1. The Morgan fingerprint density at radius 3 is 2.55 bits per heavy atom. The van der Waals surface area contributed by atoms with E-state index < -0.39 is 17.4 Å². The number of hydrogen-bond acceptors (Lipinski definition) is 2. The summed E-state index contributed by atoms with van der Waals surface area (Å²) in [6.45, 7) is 0. The van der Waals surface area contributed by atoms with Crippen molar-refractivity contribution >= 4 is 34.4 Å². The molecule has 1 amide bonds. The van der Waals surface area contributed by atoms with E-state index in [-0.39, 0.29) is 0 Å². The molecular weight excluding hydrogens is 280 g/mol. The molecule has 104 valence electrons. The third-order valence-corrected chi connectivity index (χ3v) is 4.16. The maximum atomic E-state index is 12.3. The summed E-state index contributed by atoms with van der Waals surface area (Å²) in [5.74, 6) is -1.45. The number of halogens is 1. The Labute approximate surface area is 120 Å². The topological polar surface area (TPSA) is 71.3 Å². The van der Waals surface area contributed by atoms with Gasteiger partial charge in [0.15, 0.2) is 0 Å². The average Bonchev–Trinajstić information content (AvgIpc) is 3.14. The molecule has 20 heavy (non-hydrogen) atoms. The fraction of sp³-hybridized carbons (Fsp3) is 0.286. The lowest BCUT2D eigenvalue weighted by Gasteiger charge is -2.13. The molecule has 1 aromatic carbocycles. The maximum absolute atomic E-state index is 12.3. The molecule has 1 aliphatic carbocycles. The zero-order valence-electron chi connectivity index (χ0n) is 10.8. The van der Waals surface area contributed by atoms with Gasteiger partial charge in [-0.2, -0.15) is 0 Å². The van der Waals surface area contributed by atoms with Gasteiger partial charge in [0.05, 0.1) is 5.02 Å². The third kappa shape index (κ3) is 1.78. The zero-order valence-corrected chi connectivity index (χ0v) is 11.6. The zero-order chi connectivity index (χ0) is 14.5. The predicted molar refractivity (Wildman–Crippen MR) is 75.0 cm³/mol. The summed E-state index contributed by atoms with van der Waals surface area (Å²) >= 11 is 6.26. The van der Waals surface area contributed by atoms with Crippen molar-refractivity contribution in [2.75, 3.05) is 0 Å². The average molecular weight is 293 g/mol. The summed E-state index contributed by atoms with van der Waals surface area (Å²) in [4.78, 5) is 23.5. The Kier molecular flexibility index (Phi) is 2.76. The van der Waals surface area contributed by atoms with Crippen LogP contribution in [0.2, 0.25) is 5.02 Å². The summed E-state index contributed by atoms with van der Waals surface area (Å²) in [6.07, 6.45) is 0.908. The molecule has 2 aromatic rings. The Balaban J connectivity index is 2.02. The van der Waals surface area contributed by atoms with Crippen molar-refractivity contribution in [1.82, 2.24) is 9.88 Å². The number of fused-ring (bicyclic) bond motifs is 1. The van der Waals surface area contributed by atoms with Gasteiger partial charge in [-0.05, 0) is 18.9 Å².